The van der Waals surface area contributed by atoms with Crippen LogP contribution in [0, 0.1) is 0 Å². The topological polar surface area (TPSA) is 75.9 Å². The van der Waals surface area contributed by atoms with Gasteiger partial charge in [-0.1, -0.05) is 6.92 Å². The summed E-state index contributed by atoms with van der Waals surface area (Å²) in [6.45, 7) is 4.55. The van der Waals surface area contributed by atoms with E-state index in [-0.39, 0.29) is 11.9 Å². The normalized spacial score (nSPS) is 15.5. The molecule has 7 heteroatoms. The molecule has 3 rings (SSSR count). The average molecular weight is 328 g/mol. The molecule has 128 valence electrons. The number of amides is 1. The maximum Gasteiger partial charge on any atom is 0.222 e. The number of nitrogens with one attached hydrogen (secondary N) is 1. The number of hydrogen-bond donors (Lipinski definition) is 1. The predicted octanol–water partition coefficient (Wildman–Crippen LogP) is 1.41. The standard InChI is InChI=1S/C17H24N6O/c1-2-15-20-8-12-23(15)11-5-17(24)21-14-3-9-22(10-4-14)16-13-18-6-7-19-16/h6-8,12-14H,2-5,9-11H2,1H3,(H,21,24). The Morgan fingerprint density at radius 1 is 1.25 bits per heavy atom. The van der Waals surface area contributed by atoms with Crippen LogP contribution in [0.5, 0.6) is 0 Å². The highest BCUT2D eigenvalue weighted by Gasteiger charge is 2.21. The summed E-state index contributed by atoms with van der Waals surface area (Å²) in [5.74, 6) is 2.05. The first-order chi connectivity index (χ1) is 11.8. The van der Waals surface area contributed by atoms with Crippen LogP contribution in [0.25, 0.3) is 0 Å². The van der Waals surface area contributed by atoms with Gasteiger partial charge in [0.25, 0.3) is 0 Å². The van der Waals surface area contributed by atoms with Gasteiger partial charge in [-0.15, -0.1) is 0 Å². The van der Waals surface area contributed by atoms with Gasteiger partial charge in [-0.05, 0) is 12.8 Å². The second-order valence-corrected chi connectivity index (χ2v) is 6.03. The molecule has 2 aromatic rings. The van der Waals surface area contributed by atoms with Crippen LogP contribution >= 0.6 is 0 Å². The van der Waals surface area contributed by atoms with Crippen molar-refractivity contribution in [1.29, 1.82) is 0 Å². The van der Waals surface area contributed by atoms with Crippen molar-refractivity contribution in [2.75, 3.05) is 18.0 Å². The zero-order valence-electron chi connectivity index (χ0n) is 14.1. The summed E-state index contributed by atoms with van der Waals surface area (Å²) >= 11 is 0. The van der Waals surface area contributed by atoms with Crippen LogP contribution in [0.15, 0.2) is 31.0 Å². The Morgan fingerprint density at radius 2 is 2.08 bits per heavy atom. The maximum atomic E-state index is 12.2. The number of rotatable bonds is 6. The summed E-state index contributed by atoms with van der Waals surface area (Å²) in [4.78, 5) is 27.1. The molecule has 0 bridgehead atoms. The van der Waals surface area contributed by atoms with E-state index in [0.29, 0.717) is 13.0 Å². The van der Waals surface area contributed by atoms with Crippen LogP contribution in [0.4, 0.5) is 5.82 Å². The summed E-state index contributed by atoms with van der Waals surface area (Å²) in [7, 11) is 0. The van der Waals surface area contributed by atoms with Crippen molar-refractivity contribution in [3.63, 3.8) is 0 Å². The summed E-state index contributed by atoms with van der Waals surface area (Å²) in [5.41, 5.74) is 0. The first-order valence-electron chi connectivity index (χ1n) is 8.56. The number of piperidine rings is 1. The summed E-state index contributed by atoms with van der Waals surface area (Å²) in [5, 5.41) is 3.16. The van der Waals surface area contributed by atoms with Crippen molar-refractivity contribution < 1.29 is 4.79 Å². The lowest BCUT2D eigenvalue weighted by Crippen LogP contribution is -2.45. The second kappa shape index (κ2) is 7.90. The molecule has 1 saturated heterocycles. The number of hydrogen-bond acceptors (Lipinski definition) is 5. The molecule has 1 N–H and O–H groups in total. The molecule has 7 nitrogen and oxygen atoms in total. The number of imidazole rings is 1. The van der Waals surface area contributed by atoms with E-state index in [1.165, 1.54) is 0 Å². The summed E-state index contributed by atoms with van der Waals surface area (Å²) in [6, 6.07) is 0.249. The summed E-state index contributed by atoms with van der Waals surface area (Å²) < 4.78 is 2.05. The maximum absolute atomic E-state index is 12.2. The van der Waals surface area contributed by atoms with Gasteiger partial charge in [0.05, 0.1) is 6.20 Å². The van der Waals surface area contributed by atoms with Gasteiger partial charge in [-0.2, -0.15) is 0 Å². The van der Waals surface area contributed by atoms with Crippen LogP contribution in [0.3, 0.4) is 0 Å². The fourth-order valence-electron chi connectivity index (χ4n) is 3.09. The van der Waals surface area contributed by atoms with E-state index in [0.717, 1.165) is 44.0 Å². The molecule has 1 fully saturated rings. The van der Waals surface area contributed by atoms with E-state index >= 15 is 0 Å². The molecule has 0 aliphatic carbocycles. The minimum atomic E-state index is 0.115. The van der Waals surface area contributed by atoms with Gasteiger partial charge in [0.1, 0.15) is 11.6 Å². The predicted molar refractivity (Wildman–Crippen MR) is 91.6 cm³/mol. The molecule has 0 spiro atoms. The van der Waals surface area contributed by atoms with E-state index in [1.54, 1.807) is 24.8 Å². The van der Waals surface area contributed by atoms with E-state index in [2.05, 4.69) is 36.7 Å². The van der Waals surface area contributed by atoms with Crippen LogP contribution in [0.2, 0.25) is 0 Å². The zero-order chi connectivity index (χ0) is 16.8. The molecule has 0 atom stereocenters. The SMILES string of the molecule is CCc1nccn1CCC(=O)NC1CCN(c2cnccn2)CC1. The lowest BCUT2D eigenvalue weighted by atomic mass is 10.0. The Labute approximate surface area is 142 Å². The summed E-state index contributed by atoms with van der Waals surface area (Å²) in [6.07, 6.45) is 12.2. The Bertz CT molecular complexity index is 648. The number of aromatic nitrogens is 4. The van der Waals surface area contributed by atoms with Gasteiger partial charge in [-0.3, -0.25) is 9.78 Å². The molecule has 0 radical (unpaired) electrons. The van der Waals surface area contributed by atoms with Gasteiger partial charge in [0, 0.05) is 63.3 Å². The van der Waals surface area contributed by atoms with Crippen LogP contribution in [-0.2, 0) is 17.8 Å². The van der Waals surface area contributed by atoms with Crippen LogP contribution in [0.1, 0.15) is 32.0 Å². The fourth-order valence-corrected chi connectivity index (χ4v) is 3.09. The lowest BCUT2D eigenvalue weighted by Gasteiger charge is -2.32. The molecule has 0 saturated carbocycles. The minimum absolute atomic E-state index is 0.115. The van der Waals surface area contributed by atoms with Crippen molar-refractivity contribution in [1.82, 2.24) is 24.8 Å². The monoisotopic (exact) mass is 328 g/mol. The molecule has 24 heavy (non-hydrogen) atoms. The smallest absolute Gasteiger partial charge is 0.222 e. The number of nitrogens with zero attached hydrogens (tertiary/aromatic N) is 5. The van der Waals surface area contributed by atoms with Crippen LogP contribution in [-0.4, -0.2) is 44.6 Å². The second-order valence-electron chi connectivity index (χ2n) is 6.03. The molecule has 1 aliphatic rings. The van der Waals surface area contributed by atoms with Gasteiger partial charge in [0.15, 0.2) is 0 Å². The first-order valence-corrected chi connectivity index (χ1v) is 8.56. The molecule has 0 aromatic carbocycles. The van der Waals surface area contributed by atoms with Crippen molar-refractivity contribution in [2.45, 2.75) is 45.2 Å². The highest BCUT2D eigenvalue weighted by molar-refractivity contribution is 5.76. The number of carbonyl (C=O) groups is 1. The molecule has 0 unspecified atom stereocenters. The third kappa shape index (κ3) is 4.10. The Morgan fingerprint density at radius 3 is 2.79 bits per heavy atom. The van der Waals surface area contributed by atoms with E-state index in [9.17, 15) is 4.79 Å². The molecular weight excluding hydrogens is 304 g/mol. The van der Waals surface area contributed by atoms with Gasteiger partial charge in [0.2, 0.25) is 5.91 Å². The Kier molecular flexibility index (Phi) is 5.40. The number of carbonyl (C=O) groups excluding carboxylic acids is 1. The van der Waals surface area contributed by atoms with Gasteiger partial charge in [-0.25, -0.2) is 9.97 Å². The third-order valence-corrected chi connectivity index (χ3v) is 4.43. The Balaban J connectivity index is 1.42. The first kappa shape index (κ1) is 16.4. The average Bonchev–Trinajstić information content (AvgIpc) is 3.09. The lowest BCUT2D eigenvalue weighted by molar-refractivity contribution is -0.122. The number of anilines is 1. The van der Waals surface area contributed by atoms with Crippen molar-refractivity contribution >= 4 is 11.7 Å². The fraction of sp³-hybridized carbons (Fsp3) is 0.529. The van der Waals surface area contributed by atoms with Gasteiger partial charge >= 0.3 is 0 Å². The molecule has 3 heterocycles. The van der Waals surface area contributed by atoms with Crippen molar-refractivity contribution in [3.8, 4) is 0 Å². The molecular formula is C17H24N6O. The molecule has 1 amide bonds. The number of aryl methyl sites for hydroxylation is 2. The van der Waals surface area contributed by atoms with Crippen LogP contribution < -0.4 is 10.2 Å². The molecule has 1 aliphatic heterocycles. The van der Waals surface area contributed by atoms with E-state index < -0.39 is 0 Å². The highest BCUT2D eigenvalue weighted by Crippen LogP contribution is 2.16. The largest absolute Gasteiger partial charge is 0.355 e. The highest BCUT2D eigenvalue weighted by atomic mass is 16.1. The zero-order valence-corrected chi connectivity index (χ0v) is 14.1. The molecule has 2 aromatic heterocycles. The minimum Gasteiger partial charge on any atom is -0.355 e. The third-order valence-electron chi connectivity index (χ3n) is 4.43. The Hall–Kier alpha value is -2.44. The van der Waals surface area contributed by atoms with Crippen molar-refractivity contribution in [2.24, 2.45) is 0 Å². The quantitative estimate of drug-likeness (QED) is 0.868. The van der Waals surface area contributed by atoms with Gasteiger partial charge < -0.3 is 14.8 Å². The van der Waals surface area contributed by atoms with E-state index in [1.807, 2.05) is 6.20 Å². The van der Waals surface area contributed by atoms with Crippen molar-refractivity contribution in [3.05, 3.63) is 36.8 Å². The van der Waals surface area contributed by atoms with E-state index in [4.69, 9.17) is 0 Å².